The van der Waals surface area contributed by atoms with Crippen molar-refractivity contribution in [1.82, 2.24) is 4.90 Å². The van der Waals surface area contributed by atoms with Crippen molar-refractivity contribution in [3.8, 4) is 0 Å². The third-order valence-corrected chi connectivity index (χ3v) is 3.06. The number of aliphatic hydroxyl groups excluding tert-OH is 1. The molecule has 1 aromatic carbocycles. The Balaban J connectivity index is 1.96. The van der Waals surface area contributed by atoms with Crippen LogP contribution in [0.25, 0.3) is 0 Å². The summed E-state index contributed by atoms with van der Waals surface area (Å²) >= 11 is 11.7. The van der Waals surface area contributed by atoms with Crippen LogP contribution in [0.15, 0.2) is 18.2 Å². The summed E-state index contributed by atoms with van der Waals surface area (Å²) in [6.45, 7) is 0.701. The molecule has 2 rings (SSSR count). The van der Waals surface area contributed by atoms with E-state index in [0.717, 1.165) is 5.56 Å². The molecule has 0 radical (unpaired) electrons. The van der Waals surface area contributed by atoms with E-state index in [1.54, 1.807) is 6.07 Å². The largest absolute Gasteiger partial charge is 0.393 e. The highest BCUT2D eigenvalue weighted by atomic mass is 35.5. The number of benzene rings is 1. The number of alkyl halides is 1. The van der Waals surface area contributed by atoms with E-state index >= 15 is 0 Å². The van der Waals surface area contributed by atoms with Crippen molar-refractivity contribution in [2.45, 2.75) is 12.2 Å². The maximum atomic E-state index is 13.4. The minimum atomic E-state index is -1.43. The predicted molar refractivity (Wildman–Crippen MR) is 62.7 cm³/mol. The topological polar surface area (TPSA) is 23.5 Å². The molecular formula is C11H12Cl2FNO. The summed E-state index contributed by atoms with van der Waals surface area (Å²) in [5.41, 5.74) is -0.472. The van der Waals surface area contributed by atoms with Crippen LogP contribution in [0, 0.1) is 0 Å². The van der Waals surface area contributed by atoms with Gasteiger partial charge < -0.3 is 5.11 Å². The molecule has 2 nitrogen and oxygen atoms in total. The van der Waals surface area contributed by atoms with Gasteiger partial charge in [0.05, 0.1) is 6.61 Å². The average molecular weight is 264 g/mol. The maximum absolute atomic E-state index is 13.4. The lowest BCUT2D eigenvalue weighted by Crippen LogP contribution is -2.60. The summed E-state index contributed by atoms with van der Waals surface area (Å²) in [6.07, 6.45) is 0. The minimum Gasteiger partial charge on any atom is -0.393 e. The molecule has 1 heterocycles. The van der Waals surface area contributed by atoms with Gasteiger partial charge in [-0.3, -0.25) is 4.90 Å². The summed E-state index contributed by atoms with van der Waals surface area (Å²) in [6, 6.07) is 5.28. The van der Waals surface area contributed by atoms with Gasteiger partial charge in [0.2, 0.25) is 0 Å². The first-order chi connectivity index (χ1) is 7.50. The third kappa shape index (κ3) is 2.66. The number of rotatable bonds is 3. The highest BCUT2D eigenvalue weighted by Gasteiger charge is 2.42. The van der Waals surface area contributed by atoms with E-state index in [1.807, 2.05) is 17.0 Å². The molecule has 0 unspecified atom stereocenters. The second-order valence-electron chi connectivity index (χ2n) is 4.23. The normalized spacial score (nSPS) is 19.5. The summed E-state index contributed by atoms with van der Waals surface area (Å²) < 4.78 is 13.4. The van der Waals surface area contributed by atoms with E-state index in [4.69, 9.17) is 28.3 Å². The van der Waals surface area contributed by atoms with Gasteiger partial charge in [0.15, 0.2) is 5.67 Å². The monoisotopic (exact) mass is 263 g/mol. The van der Waals surface area contributed by atoms with Crippen molar-refractivity contribution in [2.75, 3.05) is 19.7 Å². The number of hydrogen-bond acceptors (Lipinski definition) is 2. The van der Waals surface area contributed by atoms with Crippen LogP contribution in [0.3, 0.4) is 0 Å². The Hall–Kier alpha value is -0.350. The highest BCUT2D eigenvalue weighted by molar-refractivity contribution is 6.34. The molecule has 0 aromatic heterocycles. The van der Waals surface area contributed by atoms with Gasteiger partial charge in [0.1, 0.15) is 0 Å². The second-order valence-corrected chi connectivity index (χ2v) is 5.10. The zero-order valence-electron chi connectivity index (χ0n) is 8.59. The van der Waals surface area contributed by atoms with Gasteiger partial charge in [-0.1, -0.05) is 23.2 Å². The number of nitrogens with zero attached hydrogens (tertiary/aromatic N) is 1. The fourth-order valence-corrected chi connectivity index (χ4v) is 2.50. The first-order valence-corrected chi connectivity index (χ1v) is 5.73. The molecule has 0 atom stereocenters. The van der Waals surface area contributed by atoms with Crippen molar-refractivity contribution >= 4 is 23.2 Å². The van der Waals surface area contributed by atoms with Crippen LogP contribution in [-0.2, 0) is 6.54 Å². The lowest BCUT2D eigenvalue weighted by Gasteiger charge is -2.43. The predicted octanol–water partition coefficient (Wildman–Crippen LogP) is 2.51. The maximum Gasteiger partial charge on any atom is 0.159 e. The van der Waals surface area contributed by atoms with E-state index in [2.05, 4.69) is 0 Å². The average Bonchev–Trinajstić information content (AvgIpc) is 2.13. The molecule has 1 N–H and O–H groups in total. The summed E-state index contributed by atoms with van der Waals surface area (Å²) in [7, 11) is 0. The fraction of sp³-hybridized carbons (Fsp3) is 0.455. The van der Waals surface area contributed by atoms with Gasteiger partial charge in [-0.25, -0.2) is 4.39 Å². The summed E-state index contributed by atoms with van der Waals surface area (Å²) in [5.74, 6) is 0. The van der Waals surface area contributed by atoms with E-state index < -0.39 is 12.3 Å². The van der Waals surface area contributed by atoms with Crippen LogP contribution in [0.2, 0.25) is 10.0 Å². The van der Waals surface area contributed by atoms with Crippen molar-refractivity contribution < 1.29 is 9.50 Å². The van der Waals surface area contributed by atoms with E-state index in [0.29, 0.717) is 16.6 Å². The number of aliphatic hydroxyl groups is 1. The lowest BCUT2D eigenvalue weighted by molar-refractivity contribution is -0.0706. The molecule has 0 spiro atoms. The zero-order chi connectivity index (χ0) is 11.8. The Labute approximate surface area is 104 Å². The van der Waals surface area contributed by atoms with Gasteiger partial charge in [0, 0.05) is 29.7 Å². The van der Waals surface area contributed by atoms with Gasteiger partial charge in [0.25, 0.3) is 0 Å². The molecule has 5 heteroatoms. The molecule has 1 aliphatic heterocycles. The molecular weight excluding hydrogens is 252 g/mol. The Morgan fingerprint density at radius 2 is 1.81 bits per heavy atom. The Kier molecular flexibility index (Phi) is 3.40. The minimum absolute atomic E-state index is 0.258. The molecule has 1 aliphatic rings. The standard InChI is InChI=1S/C11H12Cl2FNO/c12-9-1-8(2-10(13)3-9)4-15-5-11(14,6-15)7-16/h1-3,16H,4-7H2. The summed E-state index contributed by atoms with van der Waals surface area (Å²) in [4.78, 5) is 1.90. The lowest BCUT2D eigenvalue weighted by atomic mass is 9.97. The Bertz CT molecular complexity index is 373. The van der Waals surface area contributed by atoms with Gasteiger partial charge in [-0.05, 0) is 23.8 Å². The van der Waals surface area contributed by atoms with Crippen molar-refractivity contribution in [3.05, 3.63) is 33.8 Å². The van der Waals surface area contributed by atoms with Crippen molar-refractivity contribution in [1.29, 1.82) is 0 Å². The van der Waals surface area contributed by atoms with Crippen LogP contribution in [0.1, 0.15) is 5.56 Å². The Morgan fingerprint density at radius 1 is 1.25 bits per heavy atom. The van der Waals surface area contributed by atoms with E-state index in [1.165, 1.54) is 0 Å². The number of hydrogen-bond donors (Lipinski definition) is 1. The highest BCUT2D eigenvalue weighted by Crippen LogP contribution is 2.27. The molecule has 1 saturated heterocycles. The van der Waals surface area contributed by atoms with Crippen molar-refractivity contribution in [3.63, 3.8) is 0 Å². The van der Waals surface area contributed by atoms with Crippen LogP contribution >= 0.6 is 23.2 Å². The molecule has 0 amide bonds. The Morgan fingerprint density at radius 3 is 2.31 bits per heavy atom. The molecule has 0 aliphatic carbocycles. The second kappa shape index (κ2) is 4.49. The first kappa shape index (κ1) is 12.1. The van der Waals surface area contributed by atoms with E-state index in [-0.39, 0.29) is 13.1 Å². The smallest absolute Gasteiger partial charge is 0.159 e. The van der Waals surface area contributed by atoms with E-state index in [9.17, 15) is 4.39 Å². The zero-order valence-corrected chi connectivity index (χ0v) is 10.1. The molecule has 0 saturated carbocycles. The van der Waals surface area contributed by atoms with Crippen molar-refractivity contribution in [2.24, 2.45) is 0 Å². The molecule has 1 fully saturated rings. The molecule has 0 bridgehead atoms. The third-order valence-electron chi connectivity index (χ3n) is 2.63. The number of halogens is 3. The molecule has 16 heavy (non-hydrogen) atoms. The quantitative estimate of drug-likeness (QED) is 0.906. The van der Waals surface area contributed by atoms with Gasteiger partial charge >= 0.3 is 0 Å². The van der Waals surface area contributed by atoms with Gasteiger partial charge in [-0.2, -0.15) is 0 Å². The van der Waals surface area contributed by atoms with Crippen LogP contribution in [0.5, 0.6) is 0 Å². The van der Waals surface area contributed by atoms with Crippen LogP contribution in [0.4, 0.5) is 4.39 Å². The first-order valence-electron chi connectivity index (χ1n) is 4.98. The molecule has 88 valence electrons. The summed E-state index contributed by atoms with van der Waals surface area (Å²) in [5, 5.41) is 9.93. The SMILES string of the molecule is OCC1(F)CN(Cc2cc(Cl)cc(Cl)c2)C1. The number of likely N-dealkylation sites (tertiary alicyclic amines) is 1. The van der Waals surface area contributed by atoms with Gasteiger partial charge in [-0.15, -0.1) is 0 Å². The van der Waals surface area contributed by atoms with Crippen LogP contribution in [-0.4, -0.2) is 35.4 Å². The fourth-order valence-electron chi connectivity index (χ4n) is 1.93. The molecule has 1 aromatic rings. The van der Waals surface area contributed by atoms with Crippen LogP contribution < -0.4 is 0 Å².